The van der Waals surface area contributed by atoms with Crippen LogP contribution in [0.5, 0.6) is 5.75 Å². The monoisotopic (exact) mass is 302 g/mol. The van der Waals surface area contributed by atoms with E-state index in [-0.39, 0.29) is 5.91 Å². The van der Waals surface area contributed by atoms with Gasteiger partial charge >= 0.3 is 0 Å². The Hall–Kier alpha value is -2.27. The molecule has 0 aliphatic rings. The van der Waals surface area contributed by atoms with E-state index in [9.17, 15) is 9.90 Å². The number of benzene rings is 1. The molecule has 0 fully saturated rings. The van der Waals surface area contributed by atoms with Gasteiger partial charge in [0.05, 0.1) is 12.7 Å². The zero-order valence-corrected chi connectivity index (χ0v) is 13.0. The molecule has 0 aliphatic heterocycles. The van der Waals surface area contributed by atoms with E-state index in [1.54, 1.807) is 24.3 Å². The average Bonchev–Trinajstić information content (AvgIpc) is 2.94. The van der Waals surface area contributed by atoms with Gasteiger partial charge < -0.3 is 19.7 Å². The molecule has 1 aromatic carbocycles. The molecule has 0 radical (unpaired) electrons. The largest absolute Gasteiger partial charge is 0.494 e. The molecule has 1 amide bonds. The van der Waals surface area contributed by atoms with Crippen LogP contribution in [0.15, 0.2) is 42.6 Å². The van der Waals surface area contributed by atoms with Crippen LogP contribution >= 0.6 is 0 Å². The number of carbonyl (C=O) groups excluding carboxylic acids is 1. The summed E-state index contributed by atoms with van der Waals surface area (Å²) in [4.78, 5) is 12.0. The second-order valence-electron chi connectivity index (χ2n) is 5.06. The first-order chi connectivity index (χ1) is 10.6. The van der Waals surface area contributed by atoms with Crippen LogP contribution < -0.4 is 10.1 Å². The molecule has 0 saturated carbocycles. The van der Waals surface area contributed by atoms with Crippen LogP contribution in [0.25, 0.3) is 0 Å². The van der Waals surface area contributed by atoms with Crippen molar-refractivity contribution in [2.75, 3.05) is 13.2 Å². The molecular formula is C17H22N2O3. The van der Waals surface area contributed by atoms with Gasteiger partial charge in [0, 0.05) is 31.0 Å². The van der Waals surface area contributed by atoms with Crippen molar-refractivity contribution in [3.8, 4) is 5.75 Å². The van der Waals surface area contributed by atoms with Crippen LogP contribution in [-0.4, -0.2) is 28.7 Å². The number of amides is 1. The highest BCUT2D eigenvalue weighted by Crippen LogP contribution is 2.16. The highest BCUT2D eigenvalue weighted by molar-refractivity contribution is 5.94. The molecule has 1 heterocycles. The first-order valence-electron chi connectivity index (χ1n) is 7.42. The van der Waals surface area contributed by atoms with Gasteiger partial charge in [-0.25, -0.2) is 0 Å². The van der Waals surface area contributed by atoms with Gasteiger partial charge in [0.25, 0.3) is 5.91 Å². The maximum atomic E-state index is 12.0. The maximum absolute atomic E-state index is 12.0. The normalized spacial score (nSPS) is 12.0. The van der Waals surface area contributed by atoms with E-state index in [0.29, 0.717) is 25.1 Å². The number of aromatic nitrogens is 1. The molecule has 1 unspecified atom stereocenters. The first kappa shape index (κ1) is 16.1. The number of hydrogen-bond acceptors (Lipinski definition) is 3. The summed E-state index contributed by atoms with van der Waals surface area (Å²) >= 11 is 0. The number of nitrogens with zero attached hydrogens (tertiary/aromatic N) is 1. The lowest BCUT2D eigenvalue weighted by Gasteiger charge is -2.12. The third kappa shape index (κ3) is 4.11. The van der Waals surface area contributed by atoms with Crippen LogP contribution in [0.3, 0.4) is 0 Å². The summed E-state index contributed by atoms with van der Waals surface area (Å²) in [7, 11) is 1.89. The Morgan fingerprint density at radius 3 is 2.64 bits per heavy atom. The molecule has 0 spiro atoms. The molecule has 1 aromatic heterocycles. The standard InChI is InChI=1S/C17H22N2O3/c1-3-22-14-8-6-13(7-9-14)17(21)18-11-10-16(20)15-5-4-12-19(15)2/h4-9,12,16,20H,3,10-11H2,1-2H3,(H,18,21). The number of aliphatic hydroxyl groups is 1. The molecule has 22 heavy (non-hydrogen) atoms. The van der Waals surface area contributed by atoms with Crippen molar-refractivity contribution in [3.63, 3.8) is 0 Å². The van der Waals surface area contributed by atoms with E-state index < -0.39 is 6.10 Å². The number of ether oxygens (including phenoxy) is 1. The van der Waals surface area contributed by atoms with E-state index in [0.717, 1.165) is 11.4 Å². The Balaban J connectivity index is 1.81. The number of aliphatic hydroxyl groups excluding tert-OH is 1. The minimum absolute atomic E-state index is 0.151. The zero-order chi connectivity index (χ0) is 15.9. The van der Waals surface area contributed by atoms with Gasteiger partial charge in [0.15, 0.2) is 0 Å². The molecule has 0 aliphatic carbocycles. The van der Waals surface area contributed by atoms with Crippen LogP contribution in [0.4, 0.5) is 0 Å². The Bertz CT molecular complexity index is 605. The summed E-state index contributed by atoms with van der Waals surface area (Å²) in [5.74, 6) is 0.598. The van der Waals surface area contributed by atoms with Gasteiger partial charge in [-0.1, -0.05) is 0 Å². The minimum atomic E-state index is -0.583. The van der Waals surface area contributed by atoms with Crippen molar-refractivity contribution in [2.24, 2.45) is 7.05 Å². The number of rotatable bonds is 7. The summed E-state index contributed by atoms with van der Waals surface area (Å²) < 4.78 is 7.21. The maximum Gasteiger partial charge on any atom is 0.251 e. The third-order valence-corrected chi connectivity index (χ3v) is 3.46. The van der Waals surface area contributed by atoms with Gasteiger partial charge in [0.1, 0.15) is 5.75 Å². The topological polar surface area (TPSA) is 63.5 Å². The second-order valence-corrected chi connectivity index (χ2v) is 5.06. The van der Waals surface area contributed by atoms with Gasteiger partial charge in [0.2, 0.25) is 0 Å². The number of nitrogens with one attached hydrogen (secondary N) is 1. The Morgan fingerprint density at radius 1 is 1.32 bits per heavy atom. The van der Waals surface area contributed by atoms with Crippen LogP contribution in [0.2, 0.25) is 0 Å². The SMILES string of the molecule is CCOc1ccc(C(=O)NCCC(O)c2cccn2C)cc1. The van der Waals surface area contributed by atoms with Crippen molar-refractivity contribution < 1.29 is 14.6 Å². The summed E-state index contributed by atoms with van der Waals surface area (Å²) in [6, 6.07) is 10.8. The van der Waals surface area contributed by atoms with Crippen molar-refractivity contribution in [2.45, 2.75) is 19.4 Å². The fourth-order valence-corrected chi connectivity index (χ4v) is 2.26. The van der Waals surface area contributed by atoms with E-state index in [1.165, 1.54) is 0 Å². The Labute approximate surface area is 130 Å². The van der Waals surface area contributed by atoms with Gasteiger partial charge in [-0.3, -0.25) is 4.79 Å². The molecule has 2 aromatic rings. The van der Waals surface area contributed by atoms with Gasteiger partial charge in [-0.05, 0) is 49.7 Å². The van der Waals surface area contributed by atoms with Crippen molar-refractivity contribution in [1.29, 1.82) is 0 Å². The highest BCUT2D eigenvalue weighted by Gasteiger charge is 2.11. The van der Waals surface area contributed by atoms with E-state index in [1.807, 2.05) is 36.9 Å². The summed E-state index contributed by atoms with van der Waals surface area (Å²) in [5, 5.41) is 12.9. The van der Waals surface area contributed by atoms with Crippen LogP contribution in [0, 0.1) is 0 Å². The lowest BCUT2D eigenvalue weighted by molar-refractivity contribution is 0.0941. The molecular weight excluding hydrogens is 280 g/mol. The summed E-state index contributed by atoms with van der Waals surface area (Å²) in [6.07, 6.45) is 1.78. The summed E-state index contributed by atoms with van der Waals surface area (Å²) in [6.45, 7) is 2.93. The van der Waals surface area contributed by atoms with Crippen molar-refractivity contribution >= 4 is 5.91 Å². The molecule has 5 heteroatoms. The highest BCUT2D eigenvalue weighted by atomic mass is 16.5. The molecule has 0 saturated heterocycles. The number of carbonyl (C=O) groups is 1. The van der Waals surface area contributed by atoms with Crippen molar-refractivity contribution in [1.82, 2.24) is 9.88 Å². The molecule has 2 N–H and O–H groups in total. The predicted molar refractivity (Wildman–Crippen MR) is 84.9 cm³/mol. The molecule has 0 bridgehead atoms. The number of hydrogen-bond donors (Lipinski definition) is 2. The fraction of sp³-hybridized carbons (Fsp3) is 0.353. The van der Waals surface area contributed by atoms with E-state index in [4.69, 9.17) is 4.74 Å². The Kier molecular flexibility index (Phi) is 5.61. The molecule has 5 nitrogen and oxygen atoms in total. The van der Waals surface area contributed by atoms with Crippen molar-refractivity contribution in [3.05, 3.63) is 53.9 Å². The Morgan fingerprint density at radius 2 is 2.05 bits per heavy atom. The van der Waals surface area contributed by atoms with E-state index in [2.05, 4.69) is 5.32 Å². The lowest BCUT2D eigenvalue weighted by atomic mass is 10.1. The van der Waals surface area contributed by atoms with Gasteiger partial charge in [-0.2, -0.15) is 0 Å². The third-order valence-electron chi connectivity index (χ3n) is 3.46. The van der Waals surface area contributed by atoms with Crippen LogP contribution in [0.1, 0.15) is 35.5 Å². The fourth-order valence-electron chi connectivity index (χ4n) is 2.26. The first-order valence-corrected chi connectivity index (χ1v) is 7.42. The second kappa shape index (κ2) is 7.66. The quantitative estimate of drug-likeness (QED) is 0.825. The van der Waals surface area contributed by atoms with Crippen LogP contribution in [-0.2, 0) is 7.05 Å². The molecule has 1 atom stereocenters. The summed E-state index contributed by atoms with van der Waals surface area (Å²) in [5.41, 5.74) is 1.42. The van der Waals surface area contributed by atoms with E-state index >= 15 is 0 Å². The predicted octanol–water partition coefficient (Wildman–Crippen LogP) is 2.28. The number of aryl methyl sites for hydroxylation is 1. The molecule has 118 valence electrons. The lowest BCUT2D eigenvalue weighted by Crippen LogP contribution is -2.25. The molecule has 2 rings (SSSR count). The average molecular weight is 302 g/mol. The minimum Gasteiger partial charge on any atom is -0.494 e. The zero-order valence-electron chi connectivity index (χ0n) is 13.0. The van der Waals surface area contributed by atoms with Gasteiger partial charge in [-0.15, -0.1) is 0 Å². The smallest absolute Gasteiger partial charge is 0.251 e.